The summed E-state index contributed by atoms with van der Waals surface area (Å²) in [4.78, 5) is 5.39. The second-order valence-electron chi connectivity index (χ2n) is 4.93. The molecular formula is C16H22N4S2. The molecule has 1 aromatic heterocycles. The molecule has 0 aliphatic rings. The van der Waals surface area contributed by atoms with Gasteiger partial charge in [-0.25, -0.2) is 4.98 Å². The zero-order valence-corrected chi connectivity index (χ0v) is 14.4. The van der Waals surface area contributed by atoms with Crippen molar-refractivity contribution >= 4 is 40.3 Å². The summed E-state index contributed by atoms with van der Waals surface area (Å²) in [6, 6.07) is 8.45. The fourth-order valence-corrected chi connectivity index (χ4v) is 3.33. The molecule has 1 aromatic carbocycles. The van der Waals surface area contributed by atoms with Crippen LogP contribution in [0.1, 0.15) is 38.2 Å². The van der Waals surface area contributed by atoms with Crippen molar-refractivity contribution < 1.29 is 0 Å². The summed E-state index contributed by atoms with van der Waals surface area (Å²) < 4.78 is 0. The fraction of sp³-hybridized carbons (Fsp3) is 0.375. The fourth-order valence-electron chi connectivity index (χ4n) is 1.87. The smallest absolute Gasteiger partial charge is 0.205 e. The van der Waals surface area contributed by atoms with Crippen LogP contribution in [0.4, 0.5) is 10.9 Å². The molecule has 22 heavy (non-hydrogen) atoms. The predicted molar refractivity (Wildman–Crippen MR) is 99.1 cm³/mol. The van der Waals surface area contributed by atoms with Gasteiger partial charge in [-0.15, -0.1) is 23.1 Å². The molecule has 2 rings (SSSR count). The maximum atomic E-state index is 5.55. The lowest BCUT2D eigenvalue weighted by atomic mass is 10.2. The zero-order valence-electron chi connectivity index (χ0n) is 12.8. The van der Waals surface area contributed by atoms with Crippen LogP contribution in [0.2, 0.25) is 0 Å². The molecule has 0 aliphatic carbocycles. The van der Waals surface area contributed by atoms with E-state index in [1.807, 2.05) is 11.8 Å². The number of anilines is 2. The van der Waals surface area contributed by atoms with E-state index in [4.69, 9.17) is 5.73 Å². The van der Waals surface area contributed by atoms with Gasteiger partial charge in [0, 0.05) is 10.3 Å². The van der Waals surface area contributed by atoms with E-state index in [9.17, 15) is 0 Å². The molecule has 4 nitrogen and oxygen atoms in total. The van der Waals surface area contributed by atoms with Crippen LogP contribution in [0, 0.1) is 0 Å². The number of nitrogens with two attached hydrogens (primary N) is 1. The van der Waals surface area contributed by atoms with E-state index in [1.165, 1.54) is 47.7 Å². The Kier molecular flexibility index (Phi) is 7.25. The van der Waals surface area contributed by atoms with Crippen LogP contribution in [0.25, 0.3) is 0 Å². The number of unbranched alkanes of at least 4 members (excludes halogenated alkanes) is 3. The largest absolute Gasteiger partial charge is 0.383 e. The molecule has 0 unspecified atom stereocenters. The number of nitrogens with one attached hydrogen (secondary N) is 1. The average Bonchev–Trinajstić information content (AvgIpc) is 2.94. The van der Waals surface area contributed by atoms with Crippen LogP contribution >= 0.6 is 23.1 Å². The third kappa shape index (κ3) is 6.07. The van der Waals surface area contributed by atoms with Crippen molar-refractivity contribution in [3.05, 3.63) is 35.2 Å². The molecule has 118 valence electrons. The molecule has 0 aliphatic heterocycles. The number of hydrogen-bond acceptors (Lipinski definition) is 6. The lowest BCUT2D eigenvalue weighted by molar-refractivity contribution is 0.706. The van der Waals surface area contributed by atoms with E-state index in [1.54, 1.807) is 11.6 Å². The van der Waals surface area contributed by atoms with Gasteiger partial charge in [-0.05, 0) is 29.9 Å². The second kappa shape index (κ2) is 9.48. The molecule has 0 radical (unpaired) electrons. The van der Waals surface area contributed by atoms with Gasteiger partial charge in [0.05, 0.1) is 6.21 Å². The Labute approximate surface area is 140 Å². The first-order chi connectivity index (χ1) is 10.8. The Morgan fingerprint density at radius 1 is 1.27 bits per heavy atom. The van der Waals surface area contributed by atoms with Gasteiger partial charge < -0.3 is 5.73 Å². The Balaban J connectivity index is 1.74. The summed E-state index contributed by atoms with van der Waals surface area (Å²) in [5.41, 5.74) is 9.49. The molecule has 6 heteroatoms. The van der Waals surface area contributed by atoms with Gasteiger partial charge in [0.1, 0.15) is 5.82 Å². The second-order valence-corrected chi connectivity index (χ2v) is 6.95. The van der Waals surface area contributed by atoms with Crippen LogP contribution < -0.4 is 11.2 Å². The lowest BCUT2D eigenvalue weighted by Crippen LogP contribution is -1.91. The van der Waals surface area contributed by atoms with E-state index in [0.717, 1.165) is 5.56 Å². The normalized spacial score (nSPS) is 11.1. The summed E-state index contributed by atoms with van der Waals surface area (Å²) in [6.45, 7) is 2.24. The van der Waals surface area contributed by atoms with Crippen LogP contribution in [0.15, 0.2) is 39.6 Å². The van der Waals surface area contributed by atoms with Crippen LogP contribution in [-0.2, 0) is 0 Å². The van der Waals surface area contributed by atoms with E-state index in [2.05, 4.69) is 46.7 Å². The summed E-state index contributed by atoms with van der Waals surface area (Å²) in [6.07, 6.45) is 7.05. The molecule has 0 amide bonds. The van der Waals surface area contributed by atoms with E-state index >= 15 is 0 Å². The van der Waals surface area contributed by atoms with Crippen molar-refractivity contribution in [3.8, 4) is 0 Å². The quantitative estimate of drug-likeness (QED) is 0.298. The first-order valence-corrected chi connectivity index (χ1v) is 9.37. The van der Waals surface area contributed by atoms with Crippen molar-refractivity contribution in [3.63, 3.8) is 0 Å². The van der Waals surface area contributed by atoms with Gasteiger partial charge in [0.2, 0.25) is 5.13 Å². The highest BCUT2D eigenvalue weighted by Crippen LogP contribution is 2.20. The average molecular weight is 335 g/mol. The van der Waals surface area contributed by atoms with Gasteiger partial charge in [-0.1, -0.05) is 38.3 Å². The van der Waals surface area contributed by atoms with E-state index in [0.29, 0.717) is 10.9 Å². The number of rotatable bonds is 9. The maximum absolute atomic E-state index is 5.55. The number of benzene rings is 1. The molecule has 3 N–H and O–H groups in total. The van der Waals surface area contributed by atoms with Crippen LogP contribution in [0.3, 0.4) is 0 Å². The third-order valence-corrected chi connectivity index (χ3v) is 4.91. The first kappa shape index (κ1) is 16.8. The summed E-state index contributed by atoms with van der Waals surface area (Å²) in [5, 5.41) is 6.65. The van der Waals surface area contributed by atoms with Gasteiger partial charge in [0.15, 0.2) is 0 Å². The van der Waals surface area contributed by atoms with Crippen molar-refractivity contribution in [2.24, 2.45) is 5.10 Å². The molecule has 0 fully saturated rings. The number of thioether (sulfide) groups is 1. The van der Waals surface area contributed by atoms with E-state index < -0.39 is 0 Å². The maximum Gasteiger partial charge on any atom is 0.205 e. The predicted octanol–water partition coefficient (Wildman–Crippen LogP) is 4.84. The van der Waals surface area contributed by atoms with Crippen molar-refractivity contribution in [2.45, 2.75) is 37.5 Å². The lowest BCUT2D eigenvalue weighted by Gasteiger charge is -2.02. The number of nitrogen functional groups attached to an aromatic ring is 1. The minimum atomic E-state index is 0.517. The zero-order chi connectivity index (χ0) is 15.6. The van der Waals surface area contributed by atoms with Crippen molar-refractivity contribution in [1.29, 1.82) is 0 Å². The Morgan fingerprint density at radius 3 is 2.77 bits per heavy atom. The molecule has 0 saturated carbocycles. The van der Waals surface area contributed by atoms with Gasteiger partial charge in [-0.2, -0.15) is 5.10 Å². The summed E-state index contributed by atoms with van der Waals surface area (Å²) in [7, 11) is 0. The highest BCUT2D eigenvalue weighted by atomic mass is 32.2. The number of thiazole rings is 1. The molecule has 2 aromatic rings. The van der Waals surface area contributed by atoms with Crippen LogP contribution in [0.5, 0.6) is 0 Å². The van der Waals surface area contributed by atoms with Gasteiger partial charge >= 0.3 is 0 Å². The number of hydrazone groups is 1. The Morgan fingerprint density at radius 2 is 2.09 bits per heavy atom. The topological polar surface area (TPSA) is 63.3 Å². The minimum Gasteiger partial charge on any atom is -0.383 e. The molecular weight excluding hydrogens is 312 g/mol. The minimum absolute atomic E-state index is 0.517. The monoisotopic (exact) mass is 334 g/mol. The Bertz CT molecular complexity index is 578. The summed E-state index contributed by atoms with van der Waals surface area (Å²) >= 11 is 3.36. The van der Waals surface area contributed by atoms with Crippen molar-refractivity contribution in [2.75, 3.05) is 16.9 Å². The van der Waals surface area contributed by atoms with Gasteiger partial charge in [-0.3, -0.25) is 5.43 Å². The van der Waals surface area contributed by atoms with Gasteiger partial charge in [0.25, 0.3) is 0 Å². The number of nitrogens with zero attached hydrogens (tertiary/aromatic N) is 2. The number of aromatic nitrogens is 1. The molecule has 0 atom stereocenters. The number of hydrogen-bond donors (Lipinski definition) is 2. The molecule has 0 bridgehead atoms. The summed E-state index contributed by atoms with van der Waals surface area (Å²) in [5.74, 6) is 1.71. The SMILES string of the molecule is CCCCCCSc1ccc(C=NNc2nc(N)cs2)cc1. The first-order valence-electron chi connectivity index (χ1n) is 7.51. The molecule has 0 spiro atoms. The highest BCUT2D eigenvalue weighted by Gasteiger charge is 1.96. The van der Waals surface area contributed by atoms with Crippen LogP contribution in [-0.4, -0.2) is 17.0 Å². The molecule has 1 heterocycles. The Hall–Kier alpha value is -1.53. The van der Waals surface area contributed by atoms with E-state index in [-0.39, 0.29) is 0 Å². The highest BCUT2D eigenvalue weighted by molar-refractivity contribution is 7.99. The molecule has 0 saturated heterocycles. The standard InChI is InChI=1S/C16H22N4S2/c1-2-3-4-5-10-21-14-8-6-13(7-9-14)11-18-20-16-19-15(17)12-22-16/h6-9,11-12H,2-5,10,17H2,1H3,(H,19,20). The van der Waals surface area contributed by atoms with Crippen molar-refractivity contribution in [1.82, 2.24) is 4.98 Å². The third-order valence-electron chi connectivity index (χ3n) is 3.04.